The van der Waals surface area contributed by atoms with Crippen molar-refractivity contribution in [3.8, 4) is 5.75 Å². The Morgan fingerprint density at radius 2 is 1.60 bits per heavy atom. The molecule has 9 heteroatoms. The number of anilines is 1. The standard InChI is InChI=1S/C26H17BrN2O6/c1-13(30)35-20-11-10-14(12-19(20)29(33)34)28-24(31)22-21-15-6-2-4-8-17(15)26(27,23(22)25(28)32)18-9-5-3-7-16(18)21/h2-12,21-23H,1H3/t21?,22-,23+,26?/m0/s1. The Labute approximate surface area is 207 Å². The molecule has 1 heterocycles. The molecule has 1 aliphatic heterocycles. The van der Waals surface area contributed by atoms with Crippen LogP contribution in [0.5, 0.6) is 5.75 Å². The van der Waals surface area contributed by atoms with Crippen molar-refractivity contribution in [2.45, 2.75) is 17.2 Å². The number of carbonyl (C=O) groups is 3. The van der Waals surface area contributed by atoms with Crippen LogP contribution in [0.3, 0.4) is 0 Å². The van der Waals surface area contributed by atoms with E-state index in [4.69, 9.17) is 4.74 Å². The Balaban J connectivity index is 1.52. The smallest absolute Gasteiger partial charge is 0.313 e. The number of hydrogen-bond donors (Lipinski definition) is 0. The van der Waals surface area contributed by atoms with E-state index in [2.05, 4.69) is 15.9 Å². The molecule has 0 saturated carbocycles. The van der Waals surface area contributed by atoms with Crippen LogP contribution >= 0.6 is 15.9 Å². The summed E-state index contributed by atoms with van der Waals surface area (Å²) >= 11 is 3.92. The van der Waals surface area contributed by atoms with E-state index in [-0.39, 0.29) is 17.4 Å². The largest absolute Gasteiger partial charge is 0.419 e. The summed E-state index contributed by atoms with van der Waals surface area (Å²) in [5.41, 5.74) is 3.44. The molecule has 0 unspecified atom stereocenters. The van der Waals surface area contributed by atoms with Gasteiger partial charge in [-0.05, 0) is 34.4 Å². The molecular formula is C26H17BrN2O6. The van der Waals surface area contributed by atoms with Crippen LogP contribution in [-0.4, -0.2) is 22.7 Å². The summed E-state index contributed by atoms with van der Waals surface area (Å²) in [5, 5.41) is 11.7. The monoisotopic (exact) mass is 532 g/mol. The molecule has 0 radical (unpaired) electrons. The number of ether oxygens (including phenoxy) is 1. The number of nitro groups is 1. The fourth-order valence-corrected chi connectivity index (χ4v) is 7.17. The van der Waals surface area contributed by atoms with E-state index in [1.807, 2.05) is 48.5 Å². The van der Waals surface area contributed by atoms with Gasteiger partial charge in [-0.15, -0.1) is 0 Å². The zero-order valence-electron chi connectivity index (χ0n) is 18.3. The number of amides is 2. The van der Waals surface area contributed by atoms with Gasteiger partial charge in [0.2, 0.25) is 17.6 Å². The molecule has 1 fully saturated rings. The zero-order chi connectivity index (χ0) is 24.6. The van der Waals surface area contributed by atoms with Gasteiger partial charge in [-0.1, -0.05) is 64.5 Å². The summed E-state index contributed by atoms with van der Waals surface area (Å²) in [6.45, 7) is 1.14. The minimum atomic E-state index is -0.912. The van der Waals surface area contributed by atoms with E-state index >= 15 is 0 Å². The van der Waals surface area contributed by atoms with Gasteiger partial charge in [-0.3, -0.25) is 24.5 Å². The molecular weight excluding hydrogens is 516 g/mol. The predicted molar refractivity (Wildman–Crippen MR) is 128 cm³/mol. The summed E-state index contributed by atoms with van der Waals surface area (Å²) in [6, 6.07) is 19.3. The average molecular weight is 533 g/mol. The number of carbonyl (C=O) groups excluding carboxylic acids is 3. The molecule has 0 spiro atoms. The molecule has 174 valence electrons. The van der Waals surface area contributed by atoms with Crippen LogP contribution in [0.25, 0.3) is 0 Å². The number of nitro benzene ring substituents is 1. The zero-order valence-corrected chi connectivity index (χ0v) is 19.9. The average Bonchev–Trinajstić information content (AvgIpc) is 3.11. The number of alkyl halides is 1. The lowest BCUT2D eigenvalue weighted by atomic mass is 9.55. The van der Waals surface area contributed by atoms with Crippen molar-refractivity contribution in [3.63, 3.8) is 0 Å². The normalized spacial score (nSPS) is 25.7. The number of imide groups is 1. The lowest BCUT2D eigenvalue weighted by Crippen LogP contribution is -2.50. The molecule has 8 nitrogen and oxygen atoms in total. The van der Waals surface area contributed by atoms with Crippen molar-refractivity contribution in [2.24, 2.45) is 11.8 Å². The first-order chi connectivity index (χ1) is 16.7. The lowest BCUT2D eigenvalue weighted by Gasteiger charge is -2.51. The van der Waals surface area contributed by atoms with Crippen LogP contribution in [-0.2, 0) is 18.7 Å². The second-order valence-corrected chi connectivity index (χ2v) is 10.1. The molecule has 3 aliphatic carbocycles. The highest BCUT2D eigenvalue weighted by Gasteiger charge is 2.67. The lowest BCUT2D eigenvalue weighted by molar-refractivity contribution is -0.385. The summed E-state index contributed by atoms with van der Waals surface area (Å²) in [4.78, 5) is 51.2. The number of halogens is 1. The minimum absolute atomic E-state index is 0.0700. The molecule has 7 rings (SSSR count). The van der Waals surface area contributed by atoms with E-state index < -0.39 is 44.6 Å². The topological polar surface area (TPSA) is 107 Å². The highest BCUT2D eigenvalue weighted by atomic mass is 79.9. The van der Waals surface area contributed by atoms with Crippen LogP contribution < -0.4 is 9.64 Å². The molecule has 35 heavy (non-hydrogen) atoms. The Bertz CT molecular complexity index is 1440. The number of nitrogens with zero attached hydrogens (tertiary/aromatic N) is 2. The first-order valence-corrected chi connectivity index (χ1v) is 11.8. The van der Waals surface area contributed by atoms with Gasteiger partial charge in [0, 0.05) is 18.9 Å². The summed E-state index contributed by atoms with van der Waals surface area (Å²) in [6.07, 6.45) is 0. The molecule has 0 N–H and O–H groups in total. The molecule has 1 saturated heterocycles. The van der Waals surface area contributed by atoms with Gasteiger partial charge in [0.25, 0.3) is 0 Å². The SMILES string of the molecule is CC(=O)Oc1ccc(N2C(=O)[C@H]3C4c5ccccc5C(Br)(c5ccccc54)[C@H]3C2=O)cc1[N+](=O)[O-]. The highest BCUT2D eigenvalue weighted by molar-refractivity contribution is 9.09. The second kappa shape index (κ2) is 7.32. The Morgan fingerprint density at radius 3 is 2.17 bits per heavy atom. The Kier molecular flexibility index (Phi) is 4.53. The van der Waals surface area contributed by atoms with E-state index in [0.29, 0.717) is 0 Å². The van der Waals surface area contributed by atoms with Crippen LogP contribution in [0.15, 0.2) is 66.7 Å². The van der Waals surface area contributed by atoms with Crippen molar-refractivity contribution in [3.05, 3.63) is 99.1 Å². The summed E-state index contributed by atoms with van der Waals surface area (Å²) in [5.74, 6) is -3.51. The molecule has 3 aromatic carbocycles. The third kappa shape index (κ3) is 2.75. The van der Waals surface area contributed by atoms with Crippen molar-refractivity contribution in [1.29, 1.82) is 0 Å². The maximum atomic E-state index is 13.9. The fourth-order valence-electron chi connectivity index (χ4n) is 5.96. The molecule has 2 bridgehead atoms. The molecule has 3 aromatic rings. The first-order valence-electron chi connectivity index (χ1n) is 11.0. The van der Waals surface area contributed by atoms with Crippen LogP contribution in [0.2, 0.25) is 0 Å². The van der Waals surface area contributed by atoms with Gasteiger partial charge < -0.3 is 4.74 Å². The van der Waals surface area contributed by atoms with E-state index in [0.717, 1.165) is 40.1 Å². The van der Waals surface area contributed by atoms with Crippen molar-refractivity contribution in [1.82, 2.24) is 0 Å². The molecule has 2 atom stereocenters. The Hall–Kier alpha value is -3.85. The van der Waals surface area contributed by atoms with Crippen LogP contribution in [0.4, 0.5) is 11.4 Å². The van der Waals surface area contributed by atoms with Gasteiger partial charge in [0.05, 0.1) is 26.8 Å². The number of benzene rings is 3. The van der Waals surface area contributed by atoms with E-state index in [9.17, 15) is 24.5 Å². The fraction of sp³-hybridized carbons (Fsp3) is 0.192. The molecule has 4 aliphatic rings. The minimum Gasteiger partial charge on any atom is -0.419 e. The summed E-state index contributed by atoms with van der Waals surface area (Å²) < 4.78 is 4.03. The van der Waals surface area contributed by atoms with E-state index in [1.165, 1.54) is 12.1 Å². The van der Waals surface area contributed by atoms with Crippen LogP contribution in [0, 0.1) is 22.0 Å². The maximum absolute atomic E-state index is 13.9. The van der Waals surface area contributed by atoms with Gasteiger partial charge in [-0.2, -0.15) is 0 Å². The van der Waals surface area contributed by atoms with Crippen LogP contribution in [0.1, 0.15) is 35.1 Å². The third-order valence-corrected chi connectivity index (χ3v) is 8.51. The number of hydrogen-bond acceptors (Lipinski definition) is 6. The van der Waals surface area contributed by atoms with Gasteiger partial charge in [-0.25, -0.2) is 4.90 Å². The predicted octanol–water partition coefficient (Wildman–Crippen LogP) is 4.42. The van der Waals surface area contributed by atoms with Crippen molar-refractivity contribution < 1.29 is 24.0 Å². The third-order valence-electron chi connectivity index (χ3n) is 7.17. The summed E-state index contributed by atoms with van der Waals surface area (Å²) in [7, 11) is 0. The van der Waals surface area contributed by atoms with Crippen molar-refractivity contribution >= 4 is 45.1 Å². The van der Waals surface area contributed by atoms with Crippen molar-refractivity contribution in [2.75, 3.05) is 4.90 Å². The highest BCUT2D eigenvalue weighted by Crippen LogP contribution is 2.66. The molecule has 2 amide bonds. The van der Waals surface area contributed by atoms with Gasteiger partial charge in [0.15, 0.2) is 0 Å². The number of esters is 1. The quantitative estimate of drug-likeness (QED) is 0.123. The number of rotatable bonds is 3. The molecule has 0 aromatic heterocycles. The second-order valence-electron chi connectivity index (χ2n) is 8.88. The Morgan fingerprint density at radius 1 is 1.00 bits per heavy atom. The van der Waals surface area contributed by atoms with E-state index in [1.54, 1.807) is 0 Å². The first kappa shape index (κ1) is 21.7. The van der Waals surface area contributed by atoms with Gasteiger partial charge >= 0.3 is 11.7 Å². The van der Waals surface area contributed by atoms with Gasteiger partial charge in [0.1, 0.15) is 0 Å². The maximum Gasteiger partial charge on any atom is 0.313 e.